The van der Waals surface area contributed by atoms with E-state index in [0.29, 0.717) is 22.1 Å². The Balaban J connectivity index is 1.84. The molecule has 0 amide bonds. The van der Waals surface area contributed by atoms with Crippen molar-refractivity contribution in [3.8, 4) is 5.75 Å². The molecule has 4 rings (SSSR count). The molecule has 1 atom stereocenters. The molecule has 2 heterocycles. The Morgan fingerprint density at radius 2 is 1.73 bits per heavy atom. The Morgan fingerprint density at radius 3 is 2.31 bits per heavy atom. The molecule has 1 aliphatic heterocycles. The lowest BCUT2D eigenvalue weighted by atomic mass is 9.90. The zero-order valence-electron chi connectivity index (χ0n) is 24.4. The Kier molecular flexibility index (Phi) is 9.65. The summed E-state index contributed by atoms with van der Waals surface area (Å²) in [4.78, 5) is 16.8. The highest BCUT2D eigenvalue weighted by molar-refractivity contribution is 7.89. The van der Waals surface area contributed by atoms with Crippen LogP contribution in [0.15, 0.2) is 29.2 Å². The minimum Gasteiger partial charge on any atom is -0.488 e. The molecule has 45 heavy (non-hydrogen) atoms. The van der Waals surface area contributed by atoms with Crippen molar-refractivity contribution >= 4 is 21.7 Å². The first-order valence-electron chi connectivity index (χ1n) is 13.9. The molecule has 1 aromatic carbocycles. The van der Waals surface area contributed by atoms with Crippen LogP contribution >= 0.6 is 0 Å². The molecule has 0 N–H and O–H groups in total. The van der Waals surface area contributed by atoms with Crippen LogP contribution < -0.4 is 9.64 Å². The van der Waals surface area contributed by atoms with Crippen LogP contribution in [0.2, 0.25) is 0 Å². The van der Waals surface area contributed by atoms with E-state index in [-0.39, 0.29) is 24.1 Å². The molecule has 0 radical (unpaired) electrons. The minimum absolute atomic E-state index is 0.0347. The van der Waals surface area contributed by atoms with Crippen molar-refractivity contribution in [2.75, 3.05) is 25.6 Å². The van der Waals surface area contributed by atoms with Gasteiger partial charge in [0.1, 0.15) is 17.3 Å². The monoisotopic (exact) mass is 673 g/mol. The number of halogens is 8. The number of alkyl halides is 8. The Labute approximate surface area is 254 Å². The summed E-state index contributed by atoms with van der Waals surface area (Å²) in [5.74, 6) is -4.86. The lowest BCUT2D eigenvalue weighted by Crippen LogP contribution is -2.47. The summed E-state index contributed by atoms with van der Waals surface area (Å²) in [6.45, 7) is 0.447. The van der Waals surface area contributed by atoms with Crippen LogP contribution in [0.4, 0.5) is 40.8 Å². The molecule has 1 saturated carbocycles. The molecule has 1 aromatic heterocycles. The van der Waals surface area contributed by atoms with Crippen molar-refractivity contribution in [1.82, 2.24) is 9.29 Å². The van der Waals surface area contributed by atoms with Gasteiger partial charge in [0.2, 0.25) is 15.9 Å². The normalized spacial score (nSPS) is 20.8. The van der Waals surface area contributed by atoms with Crippen molar-refractivity contribution in [1.29, 1.82) is 0 Å². The fourth-order valence-corrected chi connectivity index (χ4v) is 7.10. The molecular weight excluding hydrogens is 642 g/mol. The number of sulfonamides is 1. The van der Waals surface area contributed by atoms with E-state index < -0.39 is 107 Å². The van der Waals surface area contributed by atoms with E-state index in [0.717, 1.165) is 14.2 Å². The third-order valence-corrected chi connectivity index (χ3v) is 9.96. The van der Waals surface area contributed by atoms with Gasteiger partial charge in [-0.25, -0.2) is 27.0 Å². The number of hydrogen-bond donors (Lipinski definition) is 0. The van der Waals surface area contributed by atoms with Crippen molar-refractivity contribution in [3.63, 3.8) is 0 Å². The smallest absolute Gasteiger partial charge is 0.420 e. The van der Waals surface area contributed by atoms with Gasteiger partial charge >= 0.3 is 18.3 Å². The first-order valence-corrected chi connectivity index (χ1v) is 15.3. The third-order valence-electron chi connectivity index (χ3n) is 8.02. The van der Waals surface area contributed by atoms with Crippen molar-refractivity contribution < 1.29 is 57.8 Å². The van der Waals surface area contributed by atoms with Gasteiger partial charge in [0.15, 0.2) is 5.69 Å². The summed E-state index contributed by atoms with van der Waals surface area (Å²) in [6.07, 6.45) is -13.5. The summed E-state index contributed by atoms with van der Waals surface area (Å²) in [7, 11) is -2.62. The summed E-state index contributed by atoms with van der Waals surface area (Å²) >= 11 is 0. The van der Waals surface area contributed by atoms with Crippen molar-refractivity contribution in [3.05, 3.63) is 46.8 Å². The molecule has 250 valence electrons. The third kappa shape index (κ3) is 7.79. The second-order valence-corrected chi connectivity index (χ2v) is 13.1. The van der Waals surface area contributed by atoms with Crippen molar-refractivity contribution in [2.24, 2.45) is 0 Å². The number of carbonyl (C=O) groups is 1. The number of rotatable bonds is 7. The van der Waals surface area contributed by atoms with Gasteiger partial charge in [-0.2, -0.15) is 30.6 Å². The fraction of sp³-hybridized carbons (Fsp3) is 0.571. The number of methoxy groups -OCH3 is 1. The van der Waals surface area contributed by atoms with Gasteiger partial charge in [0.25, 0.3) is 0 Å². The highest BCUT2D eigenvalue weighted by Crippen LogP contribution is 2.46. The fourth-order valence-electron chi connectivity index (χ4n) is 5.53. The van der Waals surface area contributed by atoms with Crippen LogP contribution in [0.1, 0.15) is 65.8 Å². The number of aryl methyl sites for hydroxylation is 1. The van der Waals surface area contributed by atoms with Gasteiger partial charge in [-0.05, 0) is 38.3 Å². The second kappa shape index (κ2) is 12.5. The van der Waals surface area contributed by atoms with E-state index in [4.69, 9.17) is 4.74 Å². The molecule has 2 aromatic rings. The number of benzene rings is 1. The van der Waals surface area contributed by atoms with Crippen LogP contribution in [0.25, 0.3) is 0 Å². The molecule has 0 bridgehead atoms. The number of nitrogens with zero attached hydrogens (tertiary/aromatic N) is 3. The zero-order chi connectivity index (χ0) is 33.5. The number of anilines is 1. The number of esters is 1. The topological polar surface area (TPSA) is 89.0 Å². The van der Waals surface area contributed by atoms with Gasteiger partial charge in [0, 0.05) is 62.3 Å². The van der Waals surface area contributed by atoms with Crippen LogP contribution in [0.5, 0.6) is 5.75 Å². The largest absolute Gasteiger partial charge is 0.488 e. The molecule has 0 saturated heterocycles. The molecule has 8 nitrogen and oxygen atoms in total. The molecule has 1 aliphatic carbocycles. The highest BCUT2D eigenvalue weighted by atomic mass is 32.2. The lowest BCUT2D eigenvalue weighted by Gasteiger charge is -2.40. The molecule has 17 heteroatoms. The Hall–Kier alpha value is -3.21. The molecule has 0 unspecified atom stereocenters. The van der Waals surface area contributed by atoms with Crippen LogP contribution in [-0.2, 0) is 27.5 Å². The van der Waals surface area contributed by atoms with E-state index in [1.165, 1.54) is 17.0 Å². The predicted molar refractivity (Wildman–Crippen MR) is 145 cm³/mol. The van der Waals surface area contributed by atoms with Gasteiger partial charge in [0.05, 0.1) is 18.4 Å². The summed E-state index contributed by atoms with van der Waals surface area (Å²) in [6, 6.07) is 1.81. The van der Waals surface area contributed by atoms with Crippen molar-refractivity contribution in [2.45, 2.75) is 87.3 Å². The van der Waals surface area contributed by atoms with Gasteiger partial charge in [-0.1, -0.05) is 6.07 Å². The SMILES string of the molecule is COC(=O)c1nc(C)ccc1COc1cc2c(cc1C(F)(F)F)N(C1CCC(F)(F)CC1)C[C@H](CCC(F)(F)F)N(C)S2(=O)=O. The molecule has 1 fully saturated rings. The minimum atomic E-state index is -5.11. The average Bonchev–Trinajstić information content (AvgIpc) is 3.02. The molecule has 0 spiro atoms. The maximum atomic E-state index is 14.5. The van der Waals surface area contributed by atoms with E-state index in [1.54, 1.807) is 6.92 Å². The molecule has 2 aliphatic rings. The summed E-state index contributed by atoms with van der Waals surface area (Å²) < 4.78 is 149. The number of carbonyl (C=O) groups excluding carboxylic acids is 1. The number of hydrogen-bond acceptors (Lipinski definition) is 7. The van der Waals surface area contributed by atoms with E-state index in [2.05, 4.69) is 9.72 Å². The quantitative estimate of drug-likeness (QED) is 0.245. The number of ether oxygens (including phenoxy) is 2. The molecular formula is C28H31F8N3O5S. The van der Waals surface area contributed by atoms with E-state index >= 15 is 0 Å². The zero-order valence-corrected chi connectivity index (χ0v) is 25.3. The van der Waals surface area contributed by atoms with Crippen LogP contribution in [0, 0.1) is 6.92 Å². The maximum Gasteiger partial charge on any atom is 0.420 e. The first-order chi connectivity index (χ1) is 20.7. The maximum absolute atomic E-state index is 14.5. The van der Waals surface area contributed by atoms with Gasteiger partial charge in [-0.15, -0.1) is 0 Å². The number of likely N-dealkylation sites (N-methyl/N-ethyl adjacent to an activating group) is 1. The van der Waals surface area contributed by atoms with Gasteiger partial charge in [-0.3, -0.25) is 0 Å². The van der Waals surface area contributed by atoms with E-state index in [9.17, 15) is 48.3 Å². The number of fused-ring (bicyclic) bond motifs is 1. The lowest BCUT2D eigenvalue weighted by molar-refractivity contribution is -0.139. The highest BCUT2D eigenvalue weighted by Gasteiger charge is 2.45. The summed E-state index contributed by atoms with van der Waals surface area (Å²) in [5, 5.41) is 0. The Bertz CT molecular complexity index is 1520. The predicted octanol–water partition coefficient (Wildman–Crippen LogP) is 6.50. The van der Waals surface area contributed by atoms with Crippen LogP contribution in [0.3, 0.4) is 0 Å². The van der Waals surface area contributed by atoms with Crippen LogP contribution in [-0.4, -0.2) is 68.6 Å². The standard InChI is InChI=1S/C28H31F8N3O5S/c1-16-4-5-17(24(37-16)25(40)43-3)15-44-22-13-23-21(12-20(22)28(34,35)36)39(18-6-9-26(29,30)10-7-18)14-19(8-11-27(31,32)33)38(2)45(23,41)42/h4-5,12-13,18-19H,6-11,14-15H2,1-3H3/t19-/m0/s1. The average molecular weight is 674 g/mol. The number of pyridine rings is 1. The summed E-state index contributed by atoms with van der Waals surface area (Å²) in [5.41, 5.74) is -1.68. The first kappa shape index (κ1) is 34.7. The van der Waals surface area contributed by atoms with Gasteiger partial charge < -0.3 is 14.4 Å². The second-order valence-electron chi connectivity index (χ2n) is 11.1. The number of aromatic nitrogens is 1. The van der Waals surface area contributed by atoms with E-state index in [1.807, 2.05) is 0 Å². The Morgan fingerprint density at radius 1 is 1.09 bits per heavy atom.